The Bertz CT molecular complexity index is 1020. The van der Waals surface area contributed by atoms with Crippen molar-refractivity contribution in [3.63, 3.8) is 0 Å². The molecule has 1 heterocycles. The van der Waals surface area contributed by atoms with Gasteiger partial charge in [0.15, 0.2) is 11.5 Å². The van der Waals surface area contributed by atoms with Crippen molar-refractivity contribution in [3.05, 3.63) is 58.2 Å². The summed E-state index contributed by atoms with van der Waals surface area (Å²) < 4.78 is 5.02. The normalized spacial score (nSPS) is 14.9. The van der Waals surface area contributed by atoms with Crippen LogP contribution in [0.15, 0.2) is 42.1 Å². The third-order valence-corrected chi connectivity index (χ3v) is 4.47. The first-order valence-corrected chi connectivity index (χ1v) is 8.94. The molecule has 0 aromatic heterocycles. The number of anilines is 1. The van der Waals surface area contributed by atoms with Gasteiger partial charge in [0.1, 0.15) is 12.2 Å². The first-order valence-electron chi connectivity index (χ1n) is 8.56. The van der Waals surface area contributed by atoms with E-state index in [1.807, 2.05) is 19.1 Å². The molecule has 4 amide bonds. The number of halogens is 1. The van der Waals surface area contributed by atoms with E-state index in [0.717, 1.165) is 10.5 Å². The minimum atomic E-state index is -0.711. The van der Waals surface area contributed by atoms with Gasteiger partial charge in [-0.15, -0.1) is 0 Å². The number of methoxy groups -OCH3 is 1. The number of imide groups is 1. The minimum Gasteiger partial charge on any atom is -0.503 e. The Morgan fingerprint density at radius 3 is 2.62 bits per heavy atom. The van der Waals surface area contributed by atoms with Gasteiger partial charge >= 0.3 is 6.03 Å². The number of hydrogen-bond acceptors (Lipinski definition) is 5. The van der Waals surface area contributed by atoms with E-state index in [9.17, 15) is 19.5 Å². The number of nitrogens with one attached hydrogen (secondary N) is 2. The Kier molecular flexibility index (Phi) is 5.74. The number of phenols is 1. The molecule has 0 saturated carbocycles. The SMILES string of the molecule is COc1cc(C=C2NC(=O)N(CC(=O)Nc3ccc(C)cc3)C2=O)cc(Cl)c1O. The van der Waals surface area contributed by atoms with Crippen LogP contribution in [0, 0.1) is 6.92 Å². The summed E-state index contributed by atoms with van der Waals surface area (Å²) >= 11 is 5.94. The van der Waals surface area contributed by atoms with Crippen LogP contribution < -0.4 is 15.4 Å². The predicted molar refractivity (Wildman–Crippen MR) is 108 cm³/mol. The summed E-state index contributed by atoms with van der Waals surface area (Å²) in [5, 5.41) is 14.9. The molecule has 150 valence electrons. The van der Waals surface area contributed by atoms with Crippen LogP contribution in [-0.4, -0.2) is 41.5 Å². The van der Waals surface area contributed by atoms with Crippen molar-refractivity contribution in [2.24, 2.45) is 0 Å². The lowest BCUT2D eigenvalue weighted by atomic mass is 10.1. The number of carbonyl (C=O) groups excluding carboxylic acids is 3. The molecule has 0 unspecified atom stereocenters. The van der Waals surface area contributed by atoms with Crippen LogP contribution in [0.4, 0.5) is 10.5 Å². The average Bonchev–Trinajstić information content (AvgIpc) is 2.93. The van der Waals surface area contributed by atoms with Crippen LogP contribution in [0.5, 0.6) is 11.5 Å². The summed E-state index contributed by atoms with van der Waals surface area (Å²) in [7, 11) is 1.36. The lowest BCUT2D eigenvalue weighted by Gasteiger charge is -2.12. The van der Waals surface area contributed by atoms with E-state index in [0.29, 0.717) is 11.3 Å². The number of aryl methyl sites for hydroxylation is 1. The number of phenolic OH excluding ortho intramolecular Hbond substituents is 1. The quantitative estimate of drug-likeness (QED) is 0.514. The van der Waals surface area contributed by atoms with Gasteiger partial charge in [0, 0.05) is 5.69 Å². The Labute approximate surface area is 171 Å². The van der Waals surface area contributed by atoms with Crippen molar-refractivity contribution in [3.8, 4) is 11.5 Å². The van der Waals surface area contributed by atoms with Crippen LogP contribution in [0.2, 0.25) is 5.02 Å². The van der Waals surface area contributed by atoms with E-state index in [1.165, 1.54) is 25.3 Å². The molecule has 2 aromatic rings. The highest BCUT2D eigenvalue weighted by Gasteiger charge is 2.35. The molecule has 3 N–H and O–H groups in total. The second kappa shape index (κ2) is 8.24. The smallest absolute Gasteiger partial charge is 0.329 e. The fraction of sp³-hybridized carbons (Fsp3) is 0.150. The van der Waals surface area contributed by atoms with E-state index in [2.05, 4.69) is 10.6 Å². The zero-order chi connectivity index (χ0) is 21.1. The summed E-state index contributed by atoms with van der Waals surface area (Å²) in [5.41, 5.74) is 2.01. The van der Waals surface area contributed by atoms with Gasteiger partial charge in [-0.25, -0.2) is 9.69 Å². The Morgan fingerprint density at radius 1 is 1.28 bits per heavy atom. The van der Waals surface area contributed by atoms with Gasteiger partial charge in [-0.2, -0.15) is 0 Å². The molecule has 9 heteroatoms. The van der Waals surface area contributed by atoms with Crippen LogP contribution in [0.1, 0.15) is 11.1 Å². The molecule has 1 aliphatic heterocycles. The molecule has 8 nitrogen and oxygen atoms in total. The maximum atomic E-state index is 12.5. The Hall–Kier alpha value is -3.52. The standard InChI is InChI=1S/C20H18ClN3O5/c1-11-3-5-13(6-4-11)22-17(25)10-24-19(27)15(23-20(24)28)8-12-7-14(21)18(26)16(9-12)29-2/h3-9,26H,10H2,1-2H3,(H,22,25)(H,23,28). The number of benzene rings is 2. The van der Waals surface area contributed by atoms with Crippen LogP contribution in [0.3, 0.4) is 0 Å². The maximum Gasteiger partial charge on any atom is 0.329 e. The van der Waals surface area contributed by atoms with Crippen LogP contribution >= 0.6 is 11.6 Å². The second-order valence-corrected chi connectivity index (χ2v) is 6.75. The van der Waals surface area contributed by atoms with E-state index < -0.39 is 24.4 Å². The summed E-state index contributed by atoms with van der Waals surface area (Å²) in [6.45, 7) is 1.49. The molecule has 0 spiro atoms. The number of urea groups is 1. The number of rotatable bonds is 5. The lowest BCUT2D eigenvalue weighted by Crippen LogP contribution is -2.38. The average molecular weight is 416 g/mol. The van der Waals surface area contributed by atoms with Gasteiger partial charge in [0.2, 0.25) is 5.91 Å². The number of hydrogen-bond donors (Lipinski definition) is 3. The van der Waals surface area contributed by atoms with Gasteiger partial charge < -0.3 is 20.5 Å². The van der Waals surface area contributed by atoms with Crippen molar-refractivity contribution in [1.82, 2.24) is 10.2 Å². The number of carbonyl (C=O) groups is 3. The highest BCUT2D eigenvalue weighted by molar-refractivity contribution is 6.32. The van der Waals surface area contributed by atoms with Crippen molar-refractivity contribution in [1.29, 1.82) is 0 Å². The number of amides is 4. The molecule has 0 atom stereocenters. The molecule has 2 aromatic carbocycles. The van der Waals surface area contributed by atoms with E-state index in [-0.39, 0.29) is 22.2 Å². The fourth-order valence-corrected chi connectivity index (χ4v) is 2.91. The highest BCUT2D eigenvalue weighted by atomic mass is 35.5. The molecule has 1 aliphatic rings. The molecule has 1 saturated heterocycles. The van der Waals surface area contributed by atoms with Gasteiger partial charge in [0.25, 0.3) is 5.91 Å². The Morgan fingerprint density at radius 2 is 1.97 bits per heavy atom. The van der Waals surface area contributed by atoms with E-state index in [1.54, 1.807) is 12.1 Å². The monoisotopic (exact) mass is 415 g/mol. The van der Waals surface area contributed by atoms with Gasteiger partial charge in [0.05, 0.1) is 12.1 Å². The molecular weight excluding hydrogens is 398 g/mol. The number of aromatic hydroxyl groups is 1. The van der Waals surface area contributed by atoms with Crippen molar-refractivity contribution in [2.45, 2.75) is 6.92 Å². The molecule has 0 aliphatic carbocycles. The van der Waals surface area contributed by atoms with E-state index in [4.69, 9.17) is 16.3 Å². The summed E-state index contributed by atoms with van der Waals surface area (Å²) in [6.07, 6.45) is 1.38. The maximum absolute atomic E-state index is 12.5. The zero-order valence-electron chi connectivity index (χ0n) is 15.7. The molecule has 0 radical (unpaired) electrons. The fourth-order valence-electron chi connectivity index (χ4n) is 2.70. The van der Waals surface area contributed by atoms with Crippen LogP contribution in [-0.2, 0) is 9.59 Å². The number of ether oxygens (including phenoxy) is 1. The highest BCUT2D eigenvalue weighted by Crippen LogP contribution is 2.35. The predicted octanol–water partition coefficient (Wildman–Crippen LogP) is 2.89. The third-order valence-electron chi connectivity index (χ3n) is 4.18. The molecular formula is C20H18ClN3O5. The minimum absolute atomic E-state index is 0.0260. The molecule has 0 bridgehead atoms. The first kappa shape index (κ1) is 20.2. The van der Waals surface area contributed by atoms with Crippen molar-refractivity contribution in [2.75, 3.05) is 19.0 Å². The molecule has 1 fully saturated rings. The number of nitrogens with zero attached hydrogens (tertiary/aromatic N) is 1. The Balaban J connectivity index is 1.74. The van der Waals surface area contributed by atoms with Gasteiger partial charge in [-0.3, -0.25) is 9.59 Å². The molecule has 3 rings (SSSR count). The summed E-state index contributed by atoms with van der Waals surface area (Å²) in [6, 6.07) is 9.29. The van der Waals surface area contributed by atoms with Crippen molar-refractivity contribution >= 4 is 41.2 Å². The second-order valence-electron chi connectivity index (χ2n) is 6.35. The topological polar surface area (TPSA) is 108 Å². The van der Waals surface area contributed by atoms with Crippen LogP contribution in [0.25, 0.3) is 6.08 Å². The lowest BCUT2D eigenvalue weighted by molar-refractivity contribution is -0.127. The third kappa shape index (κ3) is 4.49. The summed E-state index contributed by atoms with van der Waals surface area (Å²) in [5.74, 6) is -1.27. The van der Waals surface area contributed by atoms with E-state index >= 15 is 0 Å². The van der Waals surface area contributed by atoms with Crippen molar-refractivity contribution < 1.29 is 24.2 Å². The first-order chi connectivity index (χ1) is 13.8. The zero-order valence-corrected chi connectivity index (χ0v) is 16.4. The largest absolute Gasteiger partial charge is 0.503 e. The van der Waals surface area contributed by atoms with Gasteiger partial charge in [-0.05, 0) is 42.8 Å². The van der Waals surface area contributed by atoms with Gasteiger partial charge in [-0.1, -0.05) is 29.3 Å². The molecule has 29 heavy (non-hydrogen) atoms. The summed E-state index contributed by atoms with van der Waals surface area (Å²) in [4.78, 5) is 37.7.